The first-order chi connectivity index (χ1) is 13.7. The van der Waals surface area contributed by atoms with Gasteiger partial charge in [0.1, 0.15) is 5.69 Å². The molecule has 4 aromatic rings. The van der Waals surface area contributed by atoms with E-state index in [1.807, 2.05) is 54.6 Å². The molecule has 6 nitrogen and oxygen atoms in total. The van der Waals surface area contributed by atoms with Crippen molar-refractivity contribution >= 4 is 11.8 Å². The lowest BCUT2D eigenvalue weighted by Crippen LogP contribution is -2.12. The number of aromatic nitrogens is 3. The minimum Gasteiger partial charge on any atom is -0.338 e. The van der Waals surface area contributed by atoms with Crippen molar-refractivity contribution in [3.63, 3.8) is 0 Å². The van der Waals surface area contributed by atoms with Gasteiger partial charge in [0.05, 0.1) is 5.56 Å². The molecular weight excluding hydrogens is 352 g/mol. The number of benzene rings is 2. The molecule has 0 saturated carbocycles. The fraction of sp³-hybridized carbons (Fsp3) is 0.0909. The highest BCUT2D eigenvalue weighted by molar-refractivity contribution is 6.03. The fourth-order valence-electron chi connectivity index (χ4n) is 2.75. The van der Waals surface area contributed by atoms with E-state index in [4.69, 9.17) is 4.52 Å². The fourth-order valence-corrected chi connectivity index (χ4v) is 2.75. The van der Waals surface area contributed by atoms with Gasteiger partial charge in [-0.25, -0.2) is 9.97 Å². The topological polar surface area (TPSA) is 80.9 Å². The molecule has 138 valence electrons. The molecule has 0 radical (unpaired) electrons. The van der Waals surface area contributed by atoms with Crippen LogP contribution in [-0.4, -0.2) is 21.0 Å². The Labute approximate surface area is 162 Å². The first-order valence-electron chi connectivity index (χ1n) is 8.98. The van der Waals surface area contributed by atoms with E-state index in [1.54, 1.807) is 6.07 Å². The van der Waals surface area contributed by atoms with Crippen molar-refractivity contribution in [2.45, 2.75) is 13.3 Å². The third-order valence-corrected chi connectivity index (χ3v) is 4.35. The maximum atomic E-state index is 12.4. The molecule has 0 spiro atoms. The van der Waals surface area contributed by atoms with Gasteiger partial charge in [0.15, 0.2) is 5.82 Å². The largest absolute Gasteiger partial charge is 0.338 e. The van der Waals surface area contributed by atoms with Gasteiger partial charge in [-0.1, -0.05) is 66.7 Å². The highest BCUT2D eigenvalue weighted by atomic mass is 16.5. The van der Waals surface area contributed by atoms with Crippen LogP contribution < -0.4 is 5.32 Å². The van der Waals surface area contributed by atoms with E-state index in [1.165, 1.54) is 18.0 Å². The first-order valence-corrected chi connectivity index (χ1v) is 8.98. The van der Waals surface area contributed by atoms with E-state index < -0.39 is 0 Å². The number of hydrogen-bond donors (Lipinski definition) is 1. The van der Waals surface area contributed by atoms with Gasteiger partial charge in [-0.3, -0.25) is 10.1 Å². The molecule has 0 aliphatic carbocycles. The number of hydrogen-bond acceptors (Lipinski definition) is 5. The van der Waals surface area contributed by atoms with Crippen LogP contribution in [0.4, 0.5) is 5.88 Å². The Balaban J connectivity index is 1.46. The maximum absolute atomic E-state index is 12.4. The molecule has 0 unspecified atom stereocenters. The van der Waals surface area contributed by atoms with Gasteiger partial charge in [0, 0.05) is 29.6 Å². The van der Waals surface area contributed by atoms with Crippen molar-refractivity contribution in [3.8, 4) is 22.6 Å². The third-order valence-electron chi connectivity index (χ3n) is 4.35. The van der Waals surface area contributed by atoms with Gasteiger partial charge in [-0.05, 0) is 12.0 Å². The molecule has 1 amide bonds. The summed E-state index contributed by atoms with van der Waals surface area (Å²) in [5.74, 6) is 0.477. The van der Waals surface area contributed by atoms with Crippen LogP contribution in [0.25, 0.3) is 22.6 Å². The summed E-state index contributed by atoms with van der Waals surface area (Å²) in [4.78, 5) is 20.9. The summed E-state index contributed by atoms with van der Waals surface area (Å²) in [6.07, 6.45) is 3.96. The maximum Gasteiger partial charge on any atom is 0.261 e. The SMILES string of the molecule is CCc1ccc(-c2cc(NC(=O)c3cnc(-c4ccccc4)nc3)on2)cc1. The Morgan fingerprint density at radius 2 is 1.68 bits per heavy atom. The smallest absolute Gasteiger partial charge is 0.261 e. The van der Waals surface area contributed by atoms with Crippen molar-refractivity contribution in [2.75, 3.05) is 5.32 Å². The van der Waals surface area contributed by atoms with Crippen LogP contribution in [-0.2, 0) is 6.42 Å². The zero-order chi connectivity index (χ0) is 19.3. The van der Waals surface area contributed by atoms with Crippen LogP contribution in [0.15, 0.2) is 77.6 Å². The average molecular weight is 370 g/mol. The molecule has 0 atom stereocenters. The molecule has 0 aliphatic rings. The lowest BCUT2D eigenvalue weighted by molar-refractivity contribution is 0.102. The van der Waals surface area contributed by atoms with Crippen LogP contribution in [0.3, 0.4) is 0 Å². The van der Waals surface area contributed by atoms with E-state index in [9.17, 15) is 4.79 Å². The molecule has 1 N–H and O–H groups in total. The Kier molecular flexibility index (Phi) is 4.93. The van der Waals surface area contributed by atoms with E-state index in [2.05, 4.69) is 27.4 Å². The van der Waals surface area contributed by atoms with Crippen molar-refractivity contribution in [2.24, 2.45) is 0 Å². The van der Waals surface area contributed by atoms with E-state index in [0.29, 0.717) is 17.1 Å². The molecule has 28 heavy (non-hydrogen) atoms. The Bertz CT molecular complexity index is 1070. The minimum absolute atomic E-state index is 0.270. The zero-order valence-corrected chi connectivity index (χ0v) is 15.3. The Morgan fingerprint density at radius 1 is 0.964 bits per heavy atom. The van der Waals surface area contributed by atoms with Gasteiger partial charge < -0.3 is 4.52 Å². The van der Waals surface area contributed by atoms with E-state index in [0.717, 1.165) is 17.5 Å². The number of carbonyl (C=O) groups is 1. The molecular formula is C22H18N4O2. The van der Waals surface area contributed by atoms with Gasteiger partial charge >= 0.3 is 0 Å². The van der Waals surface area contributed by atoms with Crippen LogP contribution in [0.1, 0.15) is 22.8 Å². The van der Waals surface area contributed by atoms with Gasteiger partial charge in [-0.15, -0.1) is 0 Å². The molecule has 0 saturated heterocycles. The molecule has 0 fully saturated rings. The van der Waals surface area contributed by atoms with Crippen molar-refractivity contribution in [1.82, 2.24) is 15.1 Å². The molecule has 0 bridgehead atoms. The van der Waals surface area contributed by atoms with Crippen molar-refractivity contribution < 1.29 is 9.32 Å². The summed E-state index contributed by atoms with van der Waals surface area (Å²) >= 11 is 0. The zero-order valence-electron chi connectivity index (χ0n) is 15.3. The number of nitrogens with zero attached hydrogens (tertiary/aromatic N) is 3. The number of aryl methyl sites for hydroxylation is 1. The van der Waals surface area contributed by atoms with E-state index in [-0.39, 0.29) is 11.8 Å². The molecule has 2 aromatic carbocycles. The second-order valence-corrected chi connectivity index (χ2v) is 6.24. The second-order valence-electron chi connectivity index (χ2n) is 6.24. The Morgan fingerprint density at radius 3 is 2.36 bits per heavy atom. The van der Waals surface area contributed by atoms with Crippen molar-refractivity contribution in [3.05, 3.63) is 84.2 Å². The predicted molar refractivity (Wildman–Crippen MR) is 107 cm³/mol. The van der Waals surface area contributed by atoms with Crippen LogP contribution >= 0.6 is 0 Å². The summed E-state index contributed by atoms with van der Waals surface area (Å²) in [6.45, 7) is 2.11. The molecule has 2 aromatic heterocycles. The highest BCUT2D eigenvalue weighted by Gasteiger charge is 2.13. The monoisotopic (exact) mass is 370 g/mol. The highest BCUT2D eigenvalue weighted by Crippen LogP contribution is 2.22. The number of rotatable bonds is 5. The molecule has 4 rings (SSSR count). The van der Waals surface area contributed by atoms with Gasteiger partial charge in [0.2, 0.25) is 5.88 Å². The summed E-state index contributed by atoms with van der Waals surface area (Å²) in [5.41, 5.74) is 4.07. The van der Waals surface area contributed by atoms with Crippen LogP contribution in [0.5, 0.6) is 0 Å². The van der Waals surface area contributed by atoms with Crippen molar-refractivity contribution in [1.29, 1.82) is 0 Å². The standard InChI is InChI=1S/C22H18N4O2/c1-2-15-8-10-16(11-9-15)19-12-20(28-26-19)25-22(27)18-13-23-21(24-14-18)17-6-4-3-5-7-17/h3-14H,2H2,1H3,(H,25,27). The quantitative estimate of drug-likeness (QED) is 0.555. The van der Waals surface area contributed by atoms with Crippen LogP contribution in [0, 0.1) is 0 Å². The van der Waals surface area contributed by atoms with E-state index >= 15 is 0 Å². The number of carbonyl (C=O) groups excluding carboxylic acids is 1. The lowest BCUT2D eigenvalue weighted by atomic mass is 10.1. The molecule has 0 aliphatic heterocycles. The summed E-state index contributed by atoms with van der Waals surface area (Å²) in [7, 11) is 0. The predicted octanol–water partition coefficient (Wildman–Crippen LogP) is 4.61. The lowest BCUT2D eigenvalue weighted by Gasteiger charge is -2.02. The summed E-state index contributed by atoms with van der Waals surface area (Å²) < 4.78 is 5.24. The number of nitrogens with one attached hydrogen (secondary N) is 1. The third kappa shape index (κ3) is 3.81. The van der Waals surface area contributed by atoms with Crippen LogP contribution in [0.2, 0.25) is 0 Å². The second kappa shape index (κ2) is 7.84. The van der Waals surface area contributed by atoms with Gasteiger partial charge in [-0.2, -0.15) is 0 Å². The number of anilines is 1. The average Bonchev–Trinajstić information content (AvgIpc) is 3.23. The normalized spacial score (nSPS) is 10.6. The summed E-state index contributed by atoms with van der Waals surface area (Å²) in [6, 6.07) is 19.3. The first kappa shape index (κ1) is 17.6. The Hall–Kier alpha value is -3.80. The minimum atomic E-state index is -0.358. The number of amides is 1. The summed E-state index contributed by atoms with van der Waals surface area (Å²) in [5, 5.41) is 6.70. The van der Waals surface area contributed by atoms with Gasteiger partial charge in [0.25, 0.3) is 5.91 Å². The molecule has 6 heteroatoms. The molecule has 2 heterocycles.